The number of rotatable bonds is 5. The van der Waals surface area contributed by atoms with E-state index in [9.17, 15) is 4.79 Å². The van der Waals surface area contributed by atoms with Crippen LogP contribution in [-0.2, 0) is 4.79 Å². The van der Waals surface area contributed by atoms with Crippen molar-refractivity contribution in [2.45, 2.75) is 19.8 Å². The molecule has 3 heterocycles. The molecule has 4 aromatic rings. The Labute approximate surface area is 201 Å². The van der Waals surface area contributed by atoms with Crippen LogP contribution >= 0.6 is 22.9 Å². The number of fused-ring (bicyclic) bond motifs is 1. The number of piperidine rings is 1. The van der Waals surface area contributed by atoms with E-state index in [2.05, 4.69) is 10.2 Å². The van der Waals surface area contributed by atoms with Crippen LogP contribution in [0.5, 0.6) is 5.75 Å². The minimum Gasteiger partial charge on any atom is -0.497 e. The highest BCUT2D eigenvalue weighted by Crippen LogP contribution is 2.31. The average Bonchev–Trinajstić information content (AvgIpc) is 3.41. The molecule has 7 nitrogen and oxygen atoms in total. The van der Waals surface area contributed by atoms with Gasteiger partial charge in [0.15, 0.2) is 0 Å². The van der Waals surface area contributed by atoms with E-state index in [-0.39, 0.29) is 11.8 Å². The molecule has 33 heavy (non-hydrogen) atoms. The number of carbonyl (C=O) groups is 1. The summed E-state index contributed by atoms with van der Waals surface area (Å²) in [5, 5.41) is 9.33. The Hall–Kier alpha value is -3.10. The number of nitrogens with zero attached hydrogens (tertiary/aromatic N) is 4. The number of methoxy groups -OCH3 is 1. The fourth-order valence-electron chi connectivity index (χ4n) is 4.01. The lowest BCUT2D eigenvalue weighted by Crippen LogP contribution is -2.38. The number of imidazole rings is 1. The summed E-state index contributed by atoms with van der Waals surface area (Å²) in [6.07, 6.45) is 3.51. The van der Waals surface area contributed by atoms with Crippen LogP contribution in [0, 0.1) is 12.8 Å². The first kappa shape index (κ1) is 21.7. The molecule has 0 bridgehead atoms. The number of hydrogen-bond acceptors (Lipinski definition) is 6. The minimum atomic E-state index is -0.0228. The number of hydrogen-bond donors (Lipinski definition) is 1. The van der Waals surface area contributed by atoms with Crippen molar-refractivity contribution < 1.29 is 9.53 Å². The van der Waals surface area contributed by atoms with Gasteiger partial charge in [-0.3, -0.25) is 4.79 Å². The molecule has 2 aromatic heterocycles. The van der Waals surface area contributed by atoms with Gasteiger partial charge < -0.3 is 15.0 Å². The lowest BCUT2D eigenvalue weighted by Gasteiger charge is -2.30. The molecule has 1 saturated heterocycles. The Morgan fingerprint density at radius 1 is 1.18 bits per heavy atom. The maximum atomic E-state index is 12.8. The van der Waals surface area contributed by atoms with E-state index in [1.54, 1.807) is 24.5 Å². The first-order valence-electron chi connectivity index (χ1n) is 10.8. The topological polar surface area (TPSA) is 71.8 Å². The maximum absolute atomic E-state index is 12.8. The van der Waals surface area contributed by atoms with Crippen LogP contribution in [0.25, 0.3) is 16.2 Å². The molecule has 0 unspecified atom stereocenters. The number of benzene rings is 2. The minimum absolute atomic E-state index is 0.0228. The van der Waals surface area contributed by atoms with Gasteiger partial charge in [-0.25, -0.2) is 9.50 Å². The van der Waals surface area contributed by atoms with Crippen molar-refractivity contribution in [1.29, 1.82) is 0 Å². The number of amides is 1. The zero-order valence-electron chi connectivity index (χ0n) is 18.4. The molecule has 0 spiro atoms. The highest BCUT2D eigenvalue weighted by atomic mass is 35.5. The van der Waals surface area contributed by atoms with E-state index in [0.29, 0.717) is 5.02 Å². The molecule has 0 radical (unpaired) electrons. The number of halogens is 1. The monoisotopic (exact) mass is 481 g/mol. The third-order valence-electron chi connectivity index (χ3n) is 6.01. The second-order valence-electron chi connectivity index (χ2n) is 8.18. The molecule has 2 aromatic carbocycles. The molecule has 9 heteroatoms. The van der Waals surface area contributed by atoms with Gasteiger partial charge in [0.1, 0.15) is 5.75 Å². The van der Waals surface area contributed by atoms with Crippen molar-refractivity contribution >= 4 is 44.6 Å². The summed E-state index contributed by atoms with van der Waals surface area (Å²) in [5.41, 5.74) is 3.69. The van der Waals surface area contributed by atoms with Gasteiger partial charge >= 0.3 is 0 Å². The SMILES string of the molecule is COc1ccc(-c2cn3nc(N4CCC(C(=O)Nc5cc(Cl)ccc5C)CC4)sc3n2)cc1. The van der Waals surface area contributed by atoms with E-state index >= 15 is 0 Å². The molecule has 1 aliphatic heterocycles. The maximum Gasteiger partial charge on any atom is 0.227 e. The molecule has 0 aliphatic carbocycles. The summed E-state index contributed by atoms with van der Waals surface area (Å²) in [7, 11) is 1.66. The molecular formula is C24H24ClN5O2S. The molecule has 1 aliphatic rings. The van der Waals surface area contributed by atoms with Gasteiger partial charge in [0, 0.05) is 35.3 Å². The summed E-state index contributed by atoms with van der Waals surface area (Å²) >= 11 is 7.65. The quantitative estimate of drug-likeness (QED) is 0.419. The summed E-state index contributed by atoms with van der Waals surface area (Å²) in [6.45, 7) is 3.54. The fourth-order valence-corrected chi connectivity index (χ4v) is 5.12. The van der Waals surface area contributed by atoms with Gasteiger partial charge in [0.05, 0.1) is 19.0 Å². The summed E-state index contributed by atoms with van der Waals surface area (Å²) in [4.78, 5) is 20.6. The van der Waals surface area contributed by atoms with Gasteiger partial charge in [-0.1, -0.05) is 29.0 Å². The van der Waals surface area contributed by atoms with Crippen LogP contribution in [0.4, 0.5) is 10.8 Å². The molecule has 1 amide bonds. The first-order valence-corrected chi connectivity index (χ1v) is 12.0. The predicted molar refractivity (Wildman–Crippen MR) is 133 cm³/mol. The normalized spacial score (nSPS) is 14.6. The van der Waals surface area contributed by atoms with Crippen molar-refractivity contribution in [1.82, 2.24) is 14.6 Å². The number of carbonyl (C=O) groups excluding carboxylic acids is 1. The van der Waals surface area contributed by atoms with Gasteiger partial charge in [-0.15, -0.1) is 5.10 Å². The largest absolute Gasteiger partial charge is 0.497 e. The Bertz CT molecular complexity index is 1260. The average molecular weight is 482 g/mol. The second-order valence-corrected chi connectivity index (χ2v) is 9.55. The smallest absolute Gasteiger partial charge is 0.227 e. The molecule has 1 N–H and O–H groups in total. The van der Waals surface area contributed by atoms with Crippen LogP contribution in [0.3, 0.4) is 0 Å². The van der Waals surface area contributed by atoms with E-state index in [4.69, 9.17) is 26.4 Å². The Balaban J connectivity index is 1.22. The van der Waals surface area contributed by atoms with Gasteiger partial charge in [0.25, 0.3) is 0 Å². The zero-order valence-corrected chi connectivity index (χ0v) is 20.0. The second kappa shape index (κ2) is 9.03. The summed E-state index contributed by atoms with van der Waals surface area (Å²) in [6, 6.07) is 13.4. The zero-order chi connectivity index (χ0) is 22.9. The molecule has 0 atom stereocenters. The van der Waals surface area contributed by atoms with Crippen LogP contribution in [-0.4, -0.2) is 40.7 Å². The molecule has 5 rings (SSSR count). The number of aromatic nitrogens is 3. The number of ether oxygens (including phenoxy) is 1. The van der Waals surface area contributed by atoms with Gasteiger partial charge in [-0.05, 0) is 61.7 Å². The van der Waals surface area contributed by atoms with Crippen LogP contribution in [0.15, 0.2) is 48.7 Å². The number of anilines is 2. The Morgan fingerprint density at radius 3 is 2.64 bits per heavy atom. The standard InChI is InChI=1S/C24H24ClN5O2S/c1-15-3-6-18(25)13-20(15)26-22(31)17-9-11-29(12-10-17)24-28-30-14-21(27-23(30)33-24)16-4-7-19(32-2)8-5-16/h3-8,13-14,17H,9-12H2,1-2H3,(H,26,31). The molecule has 1 fully saturated rings. The summed E-state index contributed by atoms with van der Waals surface area (Å²) in [5.74, 6) is 0.850. The van der Waals surface area contributed by atoms with Gasteiger partial charge in [-0.2, -0.15) is 0 Å². The van der Waals surface area contributed by atoms with Gasteiger partial charge in [0.2, 0.25) is 16.0 Å². The highest BCUT2D eigenvalue weighted by Gasteiger charge is 2.27. The van der Waals surface area contributed by atoms with Crippen LogP contribution in [0.1, 0.15) is 18.4 Å². The van der Waals surface area contributed by atoms with E-state index in [1.165, 1.54) is 0 Å². The third-order valence-corrected chi connectivity index (χ3v) is 7.23. The van der Waals surface area contributed by atoms with Crippen molar-refractivity contribution in [3.05, 3.63) is 59.2 Å². The third kappa shape index (κ3) is 4.54. The Kier molecular flexibility index (Phi) is 5.95. The molecule has 0 saturated carbocycles. The lowest BCUT2D eigenvalue weighted by atomic mass is 9.96. The number of nitrogens with one attached hydrogen (secondary N) is 1. The van der Waals surface area contributed by atoms with E-state index in [1.807, 2.05) is 54.0 Å². The van der Waals surface area contributed by atoms with Crippen molar-refractivity contribution in [2.24, 2.45) is 5.92 Å². The van der Waals surface area contributed by atoms with E-state index < -0.39 is 0 Å². The molecule has 170 valence electrons. The predicted octanol–water partition coefficient (Wildman–Crippen LogP) is 5.28. The number of aryl methyl sites for hydroxylation is 1. The van der Waals surface area contributed by atoms with E-state index in [0.717, 1.165) is 64.3 Å². The highest BCUT2D eigenvalue weighted by molar-refractivity contribution is 7.20. The fraction of sp³-hybridized carbons (Fsp3) is 0.292. The van der Waals surface area contributed by atoms with Crippen LogP contribution in [0.2, 0.25) is 5.02 Å². The van der Waals surface area contributed by atoms with Crippen molar-refractivity contribution in [3.63, 3.8) is 0 Å². The molecular weight excluding hydrogens is 458 g/mol. The van der Waals surface area contributed by atoms with Crippen molar-refractivity contribution in [2.75, 3.05) is 30.4 Å². The lowest BCUT2D eigenvalue weighted by molar-refractivity contribution is -0.120. The summed E-state index contributed by atoms with van der Waals surface area (Å²) < 4.78 is 7.06. The first-order chi connectivity index (χ1) is 16.0. The van der Waals surface area contributed by atoms with Crippen LogP contribution < -0.4 is 15.0 Å². The Morgan fingerprint density at radius 2 is 1.94 bits per heavy atom. The van der Waals surface area contributed by atoms with Crippen molar-refractivity contribution in [3.8, 4) is 17.0 Å².